The number of aromatic nitrogens is 6. The second-order valence-electron chi connectivity index (χ2n) is 37.7. The van der Waals surface area contributed by atoms with E-state index in [0.29, 0.717) is 39.5 Å². The second kappa shape index (κ2) is 37.8. The number of fused-ring (bicyclic) bond motifs is 2. The summed E-state index contributed by atoms with van der Waals surface area (Å²) < 4.78 is 40.9. The minimum absolute atomic E-state index is 0. The van der Waals surface area contributed by atoms with Crippen LogP contribution in [0.15, 0.2) is 346 Å². The van der Waals surface area contributed by atoms with Crippen molar-refractivity contribution in [3.63, 3.8) is 0 Å². The molecule has 10 heteroatoms. The Bertz CT molecular complexity index is 7670. The van der Waals surface area contributed by atoms with Gasteiger partial charge >= 0.3 is 0 Å². The molecule has 0 amide bonds. The number of nitrogens with zero attached hydrogens (tertiary/aromatic N) is 6. The maximum absolute atomic E-state index is 12.4. The number of aryl methyl sites for hydroxylation is 5. The van der Waals surface area contributed by atoms with Crippen LogP contribution in [-0.2, 0) is 58.4 Å². The molecule has 15 aromatic carbocycles. The third-order valence-corrected chi connectivity index (χ3v) is 24.7. The van der Waals surface area contributed by atoms with E-state index in [1.807, 2.05) is 165 Å². The Morgan fingerprint density at radius 1 is 0.318 bits per heavy atom. The smallest absolute Gasteiger partial charge is 0.148 e. The average Bonchev–Trinajstić information content (AvgIpc) is 1.59. The first kappa shape index (κ1) is 86.6. The largest absolute Gasteiger partial charge is 0.507 e. The van der Waals surface area contributed by atoms with E-state index in [1.54, 1.807) is 0 Å². The van der Waals surface area contributed by atoms with Crippen molar-refractivity contribution < 1.29 is 57.8 Å². The zero-order valence-corrected chi connectivity index (χ0v) is 81.7. The van der Waals surface area contributed by atoms with Crippen LogP contribution < -0.4 is 0 Å². The van der Waals surface area contributed by atoms with Gasteiger partial charge < -0.3 is 10.2 Å². The number of imidazole rings is 2. The van der Waals surface area contributed by atoms with Gasteiger partial charge in [-0.25, -0.2) is 9.97 Å². The van der Waals surface area contributed by atoms with Crippen LogP contribution in [0.1, 0.15) is 138 Å². The first-order valence-electron chi connectivity index (χ1n) is 46.7. The second-order valence-corrected chi connectivity index (χ2v) is 37.7. The fraction of sp³-hybridized carbons (Fsp3) is 0.164. The number of benzene rings is 15. The molecule has 0 aliphatic carbocycles. The van der Waals surface area contributed by atoms with Crippen molar-refractivity contribution in [2.45, 2.75) is 133 Å². The number of para-hydroxylation sites is 2. The van der Waals surface area contributed by atoms with E-state index in [1.165, 1.54) is 11.1 Å². The molecular weight excluding hydrogens is 1970 g/mol. The summed E-state index contributed by atoms with van der Waals surface area (Å²) in [5.41, 5.74) is 33.7. The standard InChI is InChI=1S/C65H58N3O.C57H50N3O.2Pt/c1-41-26-28-45(29-27-41)47-32-33-66-57(40-47)51-38-49(44-18-12-10-13-19-44)37-50(39-51)53-23-17-25-59-61(53)67-63(54-34-42(2)35-56(62(54)69)65(7,8)9)68(59)58-31-30-48(36-43(58)3)60-52(46-20-14-11-15-21-46)22-16-24-55(60)64(4,5)6;1-36(2)42-25-26-52(48(34-42)41-17-12-9-13-18-41)60-53-20-14-19-47(54(53)59-56(60)49-29-38(4)30-50(55(49)61)57(5,6)7)45-31-44(39-15-10-8-11-16-39)32-46(33-45)51-35-43(27-28-58-51)40-23-21-37(3)22-24-40;;/h10-38,40,69H,1-9H3;8-32,34-36,61H,1-7H3;;/q2*-1;;/i3D3;36D;;. The topological polar surface area (TPSA) is 102 Å². The molecule has 0 saturated carbocycles. The molecule has 0 saturated heterocycles. The van der Waals surface area contributed by atoms with Crippen molar-refractivity contribution in [1.82, 2.24) is 29.1 Å². The number of phenols is 2. The summed E-state index contributed by atoms with van der Waals surface area (Å²) in [6.45, 7) is 28.7. The van der Waals surface area contributed by atoms with Crippen LogP contribution in [0.3, 0.4) is 0 Å². The Labute approximate surface area is 812 Å². The predicted octanol–water partition coefficient (Wildman–Crippen LogP) is 32.1. The van der Waals surface area contributed by atoms with Crippen LogP contribution >= 0.6 is 0 Å². The van der Waals surface area contributed by atoms with Crippen LogP contribution in [0, 0.1) is 46.7 Å². The molecule has 8 nitrogen and oxygen atoms in total. The predicted molar refractivity (Wildman–Crippen MR) is 543 cm³/mol. The fourth-order valence-electron chi connectivity index (χ4n) is 18.0. The third kappa shape index (κ3) is 18.7. The van der Waals surface area contributed by atoms with Crippen LogP contribution in [0.2, 0.25) is 0 Å². The Morgan fingerprint density at radius 2 is 0.705 bits per heavy atom. The van der Waals surface area contributed by atoms with Crippen LogP contribution in [0.25, 0.3) is 179 Å². The summed E-state index contributed by atoms with van der Waals surface area (Å²) in [4.78, 5) is 20.9. The molecule has 0 spiro atoms. The van der Waals surface area contributed by atoms with Crippen LogP contribution in [-0.4, -0.2) is 39.3 Å². The third-order valence-electron chi connectivity index (χ3n) is 24.7. The average molecular weight is 2080 g/mol. The van der Waals surface area contributed by atoms with Gasteiger partial charge in [0, 0.05) is 88.1 Å². The Kier molecular flexibility index (Phi) is 24.8. The molecular formula is C122H108N6O2Pt2-2. The van der Waals surface area contributed by atoms with E-state index >= 15 is 0 Å². The first-order valence-corrected chi connectivity index (χ1v) is 44.7. The van der Waals surface area contributed by atoms with Crippen molar-refractivity contribution >= 4 is 22.1 Å². The molecule has 2 N–H and O–H groups in total. The van der Waals surface area contributed by atoms with Crippen LogP contribution in [0.4, 0.5) is 0 Å². The minimum atomic E-state index is -2.56. The van der Waals surface area contributed by atoms with Gasteiger partial charge in [0.15, 0.2) is 0 Å². The molecule has 660 valence electrons. The van der Waals surface area contributed by atoms with Gasteiger partial charge in [-0.3, -0.25) is 19.1 Å². The zero-order chi connectivity index (χ0) is 94.0. The van der Waals surface area contributed by atoms with Gasteiger partial charge in [-0.2, -0.15) is 0 Å². The molecule has 19 rings (SSSR count). The van der Waals surface area contributed by atoms with E-state index in [9.17, 15) is 14.3 Å². The Hall–Kier alpha value is -13.5. The van der Waals surface area contributed by atoms with E-state index < -0.39 is 18.2 Å². The van der Waals surface area contributed by atoms with E-state index in [-0.39, 0.29) is 70.0 Å². The number of hydrogen-bond acceptors (Lipinski definition) is 6. The van der Waals surface area contributed by atoms with E-state index in [2.05, 4.69) is 306 Å². The summed E-state index contributed by atoms with van der Waals surface area (Å²) in [6, 6.07) is 122. The Balaban J connectivity index is 0.000000196. The quantitative estimate of drug-likeness (QED) is 0.0935. The molecule has 0 atom stereocenters. The summed E-state index contributed by atoms with van der Waals surface area (Å²) >= 11 is 0. The number of pyridine rings is 2. The molecule has 0 bridgehead atoms. The van der Waals surface area contributed by atoms with Gasteiger partial charge in [0.1, 0.15) is 23.1 Å². The van der Waals surface area contributed by atoms with Gasteiger partial charge in [-0.1, -0.05) is 369 Å². The van der Waals surface area contributed by atoms with Crippen molar-refractivity contribution in [2.24, 2.45) is 0 Å². The normalized spacial score (nSPS) is 12.3. The Morgan fingerprint density at radius 3 is 1.14 bits per heavy atom. The van der Waals surface area contributed by atoms with E-state index in [4.69, 9.17) is 21.3 Å². The number of rotatable bonds is 16. The number of hydrogen-bond donors (Lipinski definition) is 2. The molecule has 0 aliphatic rings. The maximum atomic E-state index is 12.4. The van der Waals surface area contributed by atoms with Crippen molar-refractivity contribution in [3.8, 4) is 168 Å². The van der Waals surface area contributed by atoms with Crippen molar-refractivity contribution in [2.75, 3.05) is 0 Å². The van der Waals surface area contributed by atoms with Crippen molar-refractivity contribution in [3.05, 3.63) is 408 Å². The molecule has 0 radical (unpaired) electrons. The number of phenolic OH excluding ortho intramolecular Hbond substituents is 2. The molecule has 0 fully saturated rings. The van der Waals surface area contributed by atoms with Gasteiger partial charge in [-0.15, -0.1) is 47.5 Å². The van der Waals surface area contributed by atoms with Gasteiger partial charge in [0.05, 0.1) is 44.6 Å². The monoisotopic (exact) mass is 2080 g/mol. The van der Waals surface area contributed by atoms with Crippen molar-refractivity contribution in [1.29, 1.82) is 0 Å². The molecule has 4 heterocycles. The molecule has 4 aromatic heterocycles. The minimum Gasteiger partial charge on any atom is -0.507 e. The summed E-state index contributed by atoms with van der Waals surface area (Å²) in [5.74, 6) is 0.544. The van der Waals surface area contributed by atoms with Gasteiger partial charge in [0.2, 0.25) is 0 Å². The summed E-state index contributed by atoms with van der Waals surface area (Å²) in [5, 5.41) is 24.7. The van der Waals surface area contributed by atoms with Gasteiger partial charge in [0.25, 0.3) is 0 Å². The van der Waals surface area contributed by atoms with E-state index in [0.717, 1.165) is 173 Å². The molecule has 0 aliphatic heterocycles. The SMILES string of the molecule is [2H]C(C)(C)c1ccc(-n2c(-c3cc(C)cc(C(C)(C)C)c3O)nc3c(-c4[c-]c(-c5cc(-c6ccc(C)cc6)ccn5)cc(-c5ccccc5)c4)cccc32)c(-c2ccccc2)c1.[2H]C([2H])([2H])c1cc(-c2c(-c3ccccc3)cccc2C(C)(C)C)ccc1-n1c(-c2cc(C)cc(C(C)(C)C)c2O)nc2c(-c3[c-]c(-c4cc(-c5ccc(C)cc5)ccn4)cc(-c4ccccc4)c3)cccc21.[Pt].[Pt]. The van der Waals surface area contributed by atoms with Gasteiger partial charge in [-0.05, 0) is 206 Å². The van der Waals surface area contributed by atoms with Crippen LogP contribution in [0.5, 0.6) is 11.5 Å². The molecule has 19 aromatic rings. The molecule has 0 unspecified atom stereocenters. The zero-order valence-electron chi connectivity index (χ0n) is 81.1. The summed E-state index contributed by atoms with van der Waals surface area (Å²) in [6.07, 6.45) is 3.72. The first-order chi connectivity index (χ1) is 64.1. The summed E-state index contributed by atoms with van der Waals surface area (Å²) in [7, 11) is 0. The molecule has 132 heavy (non-hydrogen) atoms. The maximum Gasteiger partial charge on any atom is 0.148 e. The number of aromatic hydroxyl groups is 2. The fourth-order valence-corrected chi connectivity index (χ4v) is 18.0.